The first-order chi connectivity index (χ1) is 32.3. The van der Waals surface area contributed by atoms with Crippen LogP contribution in [0.3, 0.4) is 0 Å². The molecule has 1 aromatic carbocycles. The number of piperidine rings is 1. The Kier molecular flexibility index (Phi) is 62.8. The molecule has 0 saturated carbocycles. The van der Waals surface area contributed by atoms with E-state index in [2.05, 4.69) is 172 Å². The van der Waals surface area contributed by atoms with E-state index in [0.717, 1.165) is 81.8 Å². The monoisotopic (exact) mass is 978 g/mol. The van der Waals surface area contributed by atoms with Crippen molar-refractivity contribution in [2.24, 2.45) is 29.6 Å². The van der Waals surface area contributed by atoms with E-state index in [0.29, 0.717) is 36.9 Å². The minimum Gasteiger partial charge on any atom is -0.379 e. The Balaban J connectivity index is -0.000000231. The molecule has 1 aromatic heterocycles. The molecule has 0 bridgehead atoms. The average molecular weight is 979 g/mol. The van der Waals surface area contributed by atoms with Gasteiger partial charge in [0.2, 0.25) is 0 Å². The van der Waals surface area contributed by atoms with Crippen LogP contribution in [0.5, 0.6) is 0 Å². The molecule has 69 heavy (non-hydrogen) atoms. The number of ether oxygens (including phenoxy) is 5. The van der Waals surface area contributed by atoms with Crippen LogP contribution in [0.2, 0.25) is 0 Å². The molecule has 2 saturated heterocycles. The number of hydrogen-bond acceptors (Lipinski definition) is 8. The van der Waals surface area contributed by atoms with Gasteiger partial charge in [0, 0.05) is 38.7 Å². The molecule has 2 aliphatic rings. The van der Waals surface area contributed by atoms with E-state index >= 15 is 0 Å². The van der Waals surface area contributed by atoms with Gasteiger partial charge in [-0.15, -0.1) is 0 Å². The van der Waals surface area contributed by atoms with E-state index in [1.165, 1.54) is 63.8 Å². The fourth-order valence-corrected chi connectivity index (χ4v) is 5.11. The van der Waals surface area contributed by atoms with Crippen LogP contribution >= 0.6 is 0 Å². The third-order valence-corrected chi connectivity index (χ3v) is 7.89. The van der Waals surface area contributed by atoms with Crippen LogP contribution in [0.15, 0.2) is 54.9 Å². The summed E-state index contributed by atoms with van der Waals surface area (Å²) in [7, 11) is 0. The maximum absolute atomic E-state index is 5.50. The minimum absolute atomic E-state index is 0.315. The van der Waals surface area contributed by atoms with Crippen molar-refractivity contribution >= 4 is 0 Å². The molecule has 412 valence electrons. The molecule has 0 N–H and O–H groups in total. The number of likely N-dealkylation sites (tertiary alicyclic amines) is 2. The molecular weight excluding hydrogens is 855 g/mol. The minimum atomic E-state index is 0.315. The Hall–Kier alpha value is -1.91. The van der Waals surface area contributed by atoms with Crippen molar-refractivity contribution in [1.29, 1.82) is 0 Å². The standard InChI is InChI=1S/C10H15NO.C10H21NO.C10H14O.C9H19NO.C6H14O.4C4H10/c1-9(2)7-12-8-10-4-3-5-11-6-10;1-10(2)12-9-8-11-6-4-3-5-7-11;1-9(2)11-8-10-6-4-3-5-7-10;1-9(2)11-8-7-10-5-3-4-6-10;1-4-5-7-6(2)3;4*1-4(2)3/h3-6,9H,7-8H2,1-2H3;10H,3-9H2,1-2H3;3-7,9H,8H2,1-2H3;9H,3-8H2,1-2H3;6H,4-5H2,1-3H3;4*4H,1-3H3. The molecule has 8 heteroatoms. The van der Waals surface area contributed by atoms with E-state index < -0.39 is 0 Å². The second kappa shape index (κ2) is 57.0. The van der Waals surface area contributed by atoms with Gasteiger partial charge in [-0.25, -0.2) is 0 Å². The summed E-state index contributed by atoms with van der Waals surface area (Å²) < 4.78 is 27.0. The Morgan fingerprint density at radius 1 is 0.435 bits per heavy atom. The van der Waals surface area contributed by atoms with E-state index in [1.807, 2.05) is 50.4 Å². The highest BCUT2D eigenvalue weighted by Gasteiger charge is 2.11. The Morgan fingerprint density at radius 2 is 0.797 bits per heavy atom. The number of aromatic nitrogens is 1. The number of hydrogen-bond donors (Lipinski definition) is 0. The molecule has 2 fully saturated rings. The topological polar surface area (TPSA) is 65.5 Å². The van der Waals surface area contributed by atoms with Crippen molar-refractivity contribution in [1.82, 2.24) is 14.8 Å². The van der Waals surface area contributed by atoms with Gasteiger partial charge in [-0.05, 0) is 160 Å². The zero-order valence-corrected chi connectivity index (χ0v) is 50.5. The number of pyridine rings is 1. The highest BCUT2D eigenvalue weighted by atomic mass is 16.5. The van der Waals surface area contributed by atoms with Gasteiger partial charge in [0.15, 0.2) is 0 Å². The van der Waals surface area contributed by atoms with Crippen molar-refractivity contribution < 1.29 is 23.7 Å². The predicted octanol–water partition coefficient (Wildman–Crippen LogP) is 16.7. The summed E-state index contributed by atoms with van der Waals surface area (Å²) >= 11 is 0. The first-order valence-electron chi connectivity index (χ1n) is 27.8. The van der Waals surface area contributed by atoms with Crippen LogP contribution < -0.4 is 0 Å². The summed E-state index contributed by atoms with van der Waals surface area (Å²) in [6.45, 7) is 61.2. The van der Waals surface area contributed by atoms with Crippen molar-refractivity contribution in [2.75, 3.05) is 65.7 Å². The summed E-state index contributed by atoms with van der Waals surface area (Å²) in [5, 5.41) is 0. The molecule has 0 amide bonds. The Morgan fingerprint density at radius 3 is 1.12 bits per heavy atom. The summed E-state index contributed by atoms with van der Waals surface area (Å²) in [5.74, 6) is 3.93. The molecule has 3 heterocycles. The first-order valence-corrected chi connectivity index (χ1v) is 27.8. The molecule has 4 rings (SSSR count). The lowest BCUT2D eigenvalue weighted by Gasteiger charge is -2.26. The highest BCUT2D eigenvalue weighted by Crippen LogP contribution is 2.08. The summed E-state index contributed by atoms with van der Waals surface area (Å²) in [5.41, 5.74) is 2.37. The Labute approximate surface area is 433 Å². The maximum Gasteiger partial charge on any atom is 0.0731 e. The highest BCUT2D eigenvalue weighted by molar-refractivity contribution is 5.13. The van der Waals surface area contributed by atoms with E-state index in [9.17, 15) is 0 Å². The van der Waals surface area contributed by atoms with E-state index in [4.69, 9.17) is 23.7 Å². The third-order valence-electron chi connectivity index (χ3n) is 7.89. The number of nitrogens with zero attached hydrogens (tertiary/aromatic N) is 3. The SMILES string of the molecule is CC(C)C.CC(C)C.CC(C)C.CC(C)C.CC(C)COCc1cccnc1.CC(C)OCCN1CCCC1.CC(C)OCCN1CCCCC1.CC(C)OCc1ccccc1.CCCOC(C)C. The zero-order valence-electron chi connectivity index (χ0n) is 50.5. The summed E-state index contributed by atoms with van der Waals surface area (Å²) in [6, 6.07) is 14.2. The van der Waals surface area contributed by atoms with Crippen LogP contribution in [-0.2, 0) is 36.9 Å². The van der Waals surface area contributed by atoms with Crippen LogP contribution in [-0.4, -0.2) is 105 Å². The molecule has 0 atom stereocenters. The molecule has 2 aliphatic heterocycles. The molecule has 8 nitrogen and oxygen atoms in total. The molecule has 0 spiro atoms. The molecule has 0 unspecified atom stereocenters. The Bertz CT molecular complexity index is 1150. The number of benzene rings is 1. The van der Waals surface area contributed by atoms with Gasteiger partial charge in [0.25, 0.3) is 0 Å². The van der Waals surface area contributed by atoms with Gasteiger partial charge >= 0.3 is 0 Å². The lowest BCUT2D eigenvalue weighted by Crippen LogP contribution is -2.33. The first kappa shape index (κ1) is 76.0. The van der Waals surface area contributed by atoms with Crippen molar-refractivity contribution in [3.05, 3.63) is 66.0 Å². The second-order valence-electron chi connectivity index (χ2n) is 22.3. The van der Waals surface area contributed by atoms with Gasteiger partial charge in [-0.1, -0.05) is 147 Å². The van der Waals surface area contributed by atoms with Crippen LogP contribution in [0.1, 0.15) is 209 Å². The van der Waals surface area contributed by atoms with E-state index in [1.54, 1.807) is 6.20 Å². The van der Waals surface area contributed by atoms with Gasteiger partial charge in [-0.2, -0.15) is 0 Å². The predicted molar refractivity (Wildman–Crippen MR) is 307 cm³/mol. The van der Waals surface area contributed by atoms with E-state index in [-0.39, 0.29) is 0 Å². The fourth-order valence-electron chi connectivity index (χ4n) is 5.11. The molecule has 0 aliphatic carbocycles. The van der Waals surface area contributed by atoms with Crippen LogP contribution in [0.25, 0.3) is 0 Å². The number of rotatable bonds is 18. The lowest BCUT2D eigenvalue weighted by molar-refractivity contribution is 0.0550. The van der Waals surface area contributed by atoms with Gasteiger partial charge < -0.3 is 33.5 Å². The average Bonchev–Trinajstić information content (AvgIpc) is 3.77. The van der Waals surface area contributed by atoms with Crippen molar-refractivity contribution in [3.63, 3.8) is 0 Å². The second-order valence-corrected chi connectivity index (χ2v) is 22.3. The summed E-state index contributed by atoms with van der Waals surface area (Å²) in [4.78, 5) is 8.98. The van der Waals surface area contributed by atoms with Gasteiger partial charge in [0.1, 0.15) is 0 Å². The van der Waals surface area contributed by atoms with Gasteiger partial charge in [-0.3, -0.25) is 4.98 Å². The van der Waals surface area contributed by atoms with Crippen LogP contribution in [0, 0.1) is 29.6 Å². The quantitative estimate of drug-likeness (QED) is 0.146. The lowest BCUT2D eigenvalue weighted by atomic mass is 10.1. The zero-order chi connectivity index (χ0) is 53.8. The smallest absolute Gasteiger partial charge is 0.0731 e. The third kappa shape index (κ3) is 86.3. The summed E-state index contributed by atoms with van der Waals surface area (Å²) in [6.07, 6.45) is 13.1. The maximum atomic E-state index is 5.50. The fraction of sp³-hybridized carbons (Fsp3) is 0.820. The largest absolute Gasteiger partial charge is 0.379 e. The normalized spacial score (nSPS) is 13.3. The van der Waals surface area contributed by atoms with Crippen molar-refractivity contribution in [2.45, 2.75) is 235 Å². The molecule has 2 aromatic rings. The van der Waals surface area contributed by atoms with Crippen LogP contribution in [0.4, 0.5) is 0 Å². The molecule has 0 radical (unpaired) electrons. The van der Waals surface area contributed by atoms with Gasteiger partial charge in [0.05, 0.1) is 50.8 Å². The van der Waals surface area contributed by atoms with Crippen molar-refractivity contribution in [3.8, 4) is 0 Å². The molecular formula is C61H123N3O5.